The van der Waals surface area contributed by atoms with Crippen LogP contribution in [-0.4, -0.2) is 36.3 Å². The summed E-state index contributed by atoms with van der Waals surface area (Å²) in [4.78, 5) is 14.3. The van der Waals surface area contributed by atoms with Gasteiger partial charge in [0.15, 0.2) is 11.5 Å². The van der Waals surface area contributed by atoms with Crippen LogP contribution in [0.15, 0.2) is 59.1 Å². The van der Waals surface area contributed by atoms with Gasteiger partial charge in [0.25, 0.3) is 5.91 Å². The van der Waals surface area contributed by atoms with Crippen LogP contribution in [0.1, 0.15) is 22.5 Å². The van der Waals surface area contributed by atoms with Crippen LogP contribution in [0, 0.1) is 0 Å². The summed E-state index contributed by atoms with van der Waals surface area (Å²) >= 11 is 0. The zero-order valence-corrected chi connectivity index (χ0v) is 15.1. The summed E-state index contributed by atoms with van der Waals surface area (Å²) < 4.78 is 16.0. The van der Waals surface area contributed by atoms with E-state index in [-0.39, 0.29) is 12.7 Å². The van der Waals surface area contributed by atoms with Crippen molar-refractivity contribution in [3.05, 3.63) is 65.9 Å². The third-order valence-electron chi connectivity index (χ3n) is 4.51. The Morgan fingerprint density at radius 2 is 1.89 bits per heavy atom. The van der Waals surface area contributed by atoms with Crippen LogP contribution >= 0.6 is 0 Å². The van der Waals surface area contributed by atoms with Crippen molar-refractivity contribution >= 4 is 5.91 Å². The lowest BCUT2D eigenvalue weighted by molar-refractivity contribution is 0.0792. The van der Waals surface area contributed by atoms with Crippen LogP contribution in [0.25, 0.3) is 11.3 Å². The van der Waals surface area contributed by atoms with Gasteiger partial charge in [0.1, 0.15) is 11.5 Å². The maximum Gasteiger partial charge on any atom is 0.253 e. The Labute approximate surface area is 157 Å². The predicted octanol–water partition coefficient (Wildman–Crippen LogP) is 3.78. The van der Waals surface area contributed by atoms with Crippen LogP contribution in [0.2, 0.25) is 0 Å². The van der Waals surface area contributed by atoms with Crippen molar-refractivity contribution in [3.63, 3.8) is 0 Å². The number of fused-ring (bicyclic) bond motifs is 1. The van der Waals surface area contributed by atoms with Crippen LogP contribution in [0.3, 0.4) is 0 Å². The monoisotopic (exact) mass is 364 g/mol. The van der Waals surface area contributed by atoms with Crippen LogP contribution in [0.4, 0.5) is 0 Å². The summed E-state index contributed by atoms with van der Waals surface area (Å²) in [5.41, 5.74) is 2.45. The summed E-state index contributed by atoms with van der Waals surface area (Å²) in [7, 11) is 1.79. The van der Waals surface area contributed by atoms with Gasteiger partial charge in [-0.1, -0.05) is 35.5 Å². The van der Waals surface area contributed by atoms with Gasteiger partial charge in [-0.15, -0.1) is 0 Å². The van der Waals surface area contributed by atoms with Crippen molar-refractivity contribution < 1.29 is 18.8 Å². The molecule has 138 valence electrons. The molecule has 0 aliphatic carbocycles. The first kappa shape index (κ1) is 17.1. The lowest BCUT2D eigenvalue weighted by atomic mass is 10.1. The summed E-state index contributed by atoms with van der Waals surface area (Å²) in [6.45, 7) is 0.819. The van der Waals surface area contributed by atoms with Gasteiger partial charge >= 0.3 is 0 Å². The number of aryl methyl sites for hydroxylation is 1. The quantitative estimate of drug-likeness (QED) is 0.666. The Bertz CT molecular complexity index is 936. The van der Waals surface area contributed by atoms with E-state index >= 15 is 0 Å². The molecule has 0 spiro atoms. The van der Waals surface area contributed by atoms with E-state index in [4.69, 9.17) is 14.0 Å². The Balaban J connectivity index is 1.31. The van der Waals surface area contributed by atoms with Gasteiger partial charge in [-0.25, -0.2) is 0 Å². The lowest BCUT2D eigenvalue weighted by Crippen LogP contribution is -2.28. The number of hydrogen-bond donors (Lipinski definition) is 0. The highest BCUT2D eigenvalue weighted by molar-refractivity contribution is 5.94. The normalized spacial score (nSPS) is 12.2. The molecule has 2 aromatic carbocycles. The smallest absolute Gasteiger partial charge is 0.253 e. The Morgan fingerprint density at radius 3 is 2.74 bits per heavy atom. The van der Waals surface area contributed by atoms with Gasteiger partial charge in [0, 0.05) is 37.2 Å². The number of ether oxygens (including phenoxy) is 2. The van der Waals surface area contributed by atoms with E-state index in [0.29, 0.717) is 23.6 Å². The topological polar surface area (TPSA) is 64.8 Å². The van der Waals surface area contributed by atoms with Gasteiger partial charge in [-0.3, -0.25) is 4.79 Å². The maximum absolute atomic E-state index is 12.6. The Morgan fingerprint density at radius 1 is 1.07 bits per heavy atom. The first-order chi connectivity index (χ1) is 13.2. The minimum absolute atomic E-state index is 0.0455. The molecule has 0 radical (unpaired) electrons. The molecule has 4 rings (SSSR count). The number of rotatable bonds is 6. The highest BCUT2D eigenvalue weighted by atomic mass is 16.7. The molecule has 6 nitrogen and oxygen atoms in total. The number of hydrogen-bond acceptors (Lipinski definition) is 5. The molecule has 0 bridgehead atoms. The van der Waals surface area contributed by atoms with Crippen molar-refractivity contribution in [3.8, 4) is 22.8 Å². The highest BCUT2D eigenvalue weighted by Crippen LogP contribution is 2.32. The molecular formula is C21H20N2O4. The first-order valence-corrected chi connectivity index (χ1v) is 8.87. The van der Waals surface area contributed by atoms with E-state index in [1.807, 2.05) is 36.4 Å². The molecule has 27 heavy (non-hydrogen) atoms. The molecule has 1 aliphatic heterocycles. The van der Waals surface area contributed by atoms with E-state index < -0.39 is 0 Å². The molecule has 0 atom stereocenters. The van der Waals surface area contributed by atoms with Crippen LogP contribution in [0.5, 0.6) is 11.5 Å². The Hall–Kier alpha value is -3.28. The molecular weight excluding hydrogens is 344 g/mol. The van der Waals surface area contributed by atoms with Crippen molar-refractivity contribution in [2.75, 3.05) is 20.4 Å². The second kappa shape index (κ2) is 7.53. The molecule has 1 aromatic heterocycles. The van der Waals surface area contributed by atoms with Gasteiger partial charge in [0.05, 0.1) is 0 Å². The van der Waals surface area contributed by atoms with Crippen molar-refractivity contribution in [1.29, 1.82) is 0 Å². The molecule has 0 N–H and O–H groups in total. The van der Waals surface area contributed by atoms with E-state index in [2.05, 4.69) is 5.16 Å². The number of benzene rings is 2. The van der Waals surface area contributed by atoms with Gasteiger partial charge in [-0.2, -0.15) is 0 Å². The minimum Gasteiger partial charge on any atom is -0.454 e. The van der Waals surface area contributed by atoms with E-state index in [9.17, 15) is 4.79 Å². The third kappa shape index (κ3) is 3.79. The maximum atomic E-state index is 12.6. The Kier molecular flexibility index (Phi) is 4.78. The van der Waals surface area contributed by atoms with E-state index in [1.54, 1.807) is 30.1 Å². The third-order valence-corrected chi connectivity index (χ3v) is 4.51. The van der Waals surface area contributed by atoms with Crippen molar-refractivity contribution in [2.24, 2.45) is 0 Å². The van der Waals surface area contributed by atoms with Crippen LogP contribution < -0.4 is 9.47 Å². The molecule has 0 saturated heterocycles. The van der Waals surface area contributed by atoms with Gasteiger partial charge in [0.2, 0.25) is 6.79 Å². The SMILES string of the molecule is CN(CCCc1cc(-c2ccccc2)no1)C(=O)c1ccc2c(c1)OCO2. The van der Waals surface area contributed by atoms with Crippen molar-refractivity contribution in [2.45, 2.75) is 12.8 Å². The number of nitrogens with zero attached hydrogens (tertiary/aromatic N) is 2. The fourth-order valence-electron chi connectivity index (χ4n) is 3.02. The highest BCUT2D eigenvalue weighted by Gasteiger charge is 2.18. The molecule has 0 saturated carbocycles. The fraction of sp³-hybridized carbons (Fsp3) is 0.238. The lowest BCUT2D eigenvalue weighted by Gasteiger charge is -2.17. The fourth-order valence-corrected chi connectivity index (χ4v) is 3.02. The summed E-state index contributed by atoms with van der Waals surface area (Å²) in [5, 5.41) is 4.12. The van der Waals surface area contributed by atoms with Gasteiger partial charge in [-0.05, 0) is 24.6 Å². The summed E-state index contributed by atoms with van der Waals surface area (Å²) in [5.74, 6) is 2.06. The van der Waals surface area contributed by atoms with E-state index in [0.717, 1.165) is 29.9 Å². The molecule has 1 amide bonds. The standard InChI is InChI=1S/C21H20N2O4/c1-23(21(24)16-9-10-19-20(12-16)26-14-25-19)11-5-8-17-13-18(22-27-17)15-6-3-2-4-7-15/h2-4,6-7,9-10,12-13H,5,8,11,14H2,1H3. The summed E-state index contributed by atoms with van der Waals surface area (Å²) in [6.07, 6.45) is 1.51. The van der Waals surface area contributed by atoms with Gasteiger partial charge < -0.3 is 18.9 Å². The molecule has 1 aliphatic rings. The molecule has 6 heteroatoms. The first-order valence-electron chi connectivity index (χ1n) is 8.87. The second-order valence-electron chi connectivity index (χ2n) is 6.44. The average molecular weight is 364 g/mol. The molecule has 2 heterocycles. The van der Waals surface area contributed by atoms with E-state index in [1.165, 1.54) is 0 Å². The van der Waals surface area contributed by atoms with Crippen LogP contribution in [-0.2, 0) is 6.42 Å². The zero-order valence-electron chi connectivity index (χ0n) is 15.1. The average Bonchev–Trinajstić information content (AvgIpc) is 3.37. The number of amides is 1. The zero-order chi connectivity index (χ0) is 18.6. The minimum atomic E-state index is -0.0455. The summed E-state index contributed by atoms with van der Waals surface area (Å²) in [6, 6.07) is 17.1. The number of carbonyl (C=O) groups excluding carboxylic acids is 1. The second-order valence-corrected chi connectivity index (χ2v) is 6.44. The van der Waals surface area contributed by atoms with Crippen molar-refractivity contribution in [1.82, 2.24) is 10.1 Å². The number of carbonyl (C=O) groups is 1. The number of aromatic nitrogens is 1. The predicted molar refractivity (Wildman–Crippen MR) is 99.8 cm³/mol. The molecule has 0 fully saturated rings. The molecule has 3 aromatic rings. The molecule has 0 unspecified atom stereocenters. The largest absolute Gasteiger partial charge is 0.454 e.